The summed E-state index contributed by atoms with van der Waals surface area (Å²) < 4.78 is 1.91. The Balaban J connectivity index is 1.65. The van der Waals surface area contributed by atoms with Crippen LogP contribution in [0.5, 0.6) is 0 Å². The van der Waals surface area contributed by atoms with Crippen molar-refractivity contribution in [1.82, 2.24) is 10.2 Å². The minimum atomic E-state index is 0.0600. The first-order chi connectivity index (χ1) is 13.0. The number of nitrogens with zero attached hydrogens (tertiary/aromatic N) is 1. The first-order valence-corrected chi connectivity index (χ1v) is 11.8. The van der Waals surface area contributed by atoms with Crippen LogP contribution in [-0.4, -0.2) is 60.9 Å². The number of rotatable bonds is 13. The summed E-state index contributed by atoms with van der Waals surface area (Å²) in [6.07, 6.45) is 0.886. The molecule has 2 aromatic rings. The number of ketones is 2. The van der Waals surface area contributed by atoms with E-state index in [1.165, 1.54) is 22.7 Å². The summed E-state index contributed by atoms with van der Waals surface area (Å²) in [5.74, 6) is 0.257. The lowest BCUT2D eigenvalue weighted by Gasteiger charge is -2.21. The number of nitrogens with one attached hydrogen (secondary N) is 1. The maximum atomic E-state index is 12.2. The Bertz CT molecular complexity index is 749. The van der Waals surface area contributed by atoms with E-state index in [-0.39, 0.29) is 18.2 Å². The first-order valence-electron chi connectivity index (χ1n) is 8.60. The van der Waals surface area contributed by atoms with E-state index >= 15 is 0 Å². The van der Waals surface area contributed by atoms with Crippen LogP contribution in [0.1, 0.15) is 32.2 Å². The van der Waals surface area contributed by atoms with Crippen LogP contribution in [0.15, 0.2) is 31.8 Å². The fourth-order valence-corrected chi connectivity index (χ4v) is 5.18. The topological polar surface area (TPSA) is 69.6 Å². The van der Waals surface area contributed by atoms with Crippen LogP contribution in [0.3, 0.4) is 0 Å². The quantitative estimate of drug-likeness (QED) is 0.298. The monoisotopic (exact) mass is 536 g/mol. The van der Waals surface area contributed by atoms with Gasteiger partial charge in [-0.15, -0.1) is 22.7 Å². The van der Waals surface area contributed by atoms with Gasteiger partial charge in [-0.3, -0.25) is 14.5 Å². The van der Waals surface area contributed by atoms with E-state index in [1.807, 2.05) is 24.3 Å². The molecule has 0 fully saturated rings. The number of aliphatic hydroxyl groups is 1. The van der Waals surface area contributed by atoms with Crippen molar-refractivity contribution in [2.75, 3.05) is 39.3 Å². The second kappa shape index (κ2) is 12.2. The van der Waals surface area contributed by atoms with Gasteiger partial charge in [0.15, 0.2) is 11.6 Å². The van der Waals surface area contributed by atoms with Crippen molar-refractivity contribution in [3.8, 4) is 0 Å². The van der Waals surface area contributed by atoms with E-state index in [1.54, 1.807) is 0 Å². The molecule has 0 aromatic carbocycles. The van der Waals surface area contributed by atoms with Crippen molar-refractivity contribution < 1.29 is 14.7 Å². The number of hydrogen-bond acceptors (Lipinski definition) is 7. The van der Waals surface area contributed by atoms with Gasteiger partial charge in [-0.05, 0) is 56.1 Å². The normalized spacial score (nSPS) is 11.3. The lowest BCUT2D eigenvalue weighted by atomic mass is 10.2. The second-order valence-corrected chi connectivity index (χ2v) is 10.8. The number of hydrogen-bond donors (Lipinski definition) is 2. The van der Waals surface area contributed by atoms with E-state index in [0.29, 0.717) is 39.0 Å². The molecule has 0 saturated carbocycles. The largest absolute Gasteiger partial charge is 0.395 e. The number of thiophene rings is 2. The number of halogens is 2. The molecule has 5 nitrogen and oxygen atoms in total. The highest BCUT2D eigenvalue weighted by Crippen LogP contribution is 2.23. The third-order valence-electron chi connectivity index (χ3n) is 3.90. The molecule has 0 aliphatic carbocycles. The number of aliphatic hydroxyl groups excluding tert-OH is 1. The maximum Gasteiger partial charge on any atom is 0.174 e. The van der Waals surface area contributed by atoms with Crippen LogP contribution in [0.25, 0.3) is 0 Å². The van der Waals surface area contributed by atoms with E-state index in [2.05, 4.69) is 42.1 Å². The van der Waals surface area contributed by atoms with Crippen LogP contribution in [0, 0.1) is 0 Å². The first kappa shape index (κ1) is 22.9. The zero-order chi connectivity index (χ0) is 19.6. The molecule has 0 radical (unpaired) electrons. The molecule has 0 amide bonds. The summed E-state index contributed by atoms with van der Waals surface area (Å²) in [5, 5.41) is 12.5. The molecule has 148 valence electrons. The average Bonchev–Trinajstić information content (AvgIpc) is 3.27. The van der Waals surface area contributed by atoms with Crippen molar-refractivity contribution in [2.24, 2.45) is 0 Å². The van der Waals surface area contributed by atoms with Crippen molar-refractivity contribution in [3.05, 3.63) is 41.6 Å². The fraction of sp³-hybridized carbons (Fsp3) is 0.444. The molecule has 2 aromatic heterocycles. The van der Waals surface area contributed by atoms with E-state index in [4.69, 9.17) is 0 Å². The Morgan fingerprint density at radius 2 is 1.48 bits per heavy atom. The van der Waals surface area contributed by atoms with Gasteiger partial charge >= 0.3 is 0 Å². The second-order valence-electron chi connectivity index (χ2n) is 5.87. The molecule has 2 N–H and O–H groups in total. The average molecular weight is 538 g/mol. The summed E-state index contributed by atoms with van der Waals surface area (Å²) >= 11 is 9.62. The third-order valence-corrected chi connectivity index (χ3v) is 7.23. The molecule has 27 heavy (non-hydrogen) atoms. The standard InChI is InChI=1S/C18H22Br2N2O3S2/c19-17-3-1-15(26-17)13(24)5-7-21-8-10-22(11-12-23)9-6-14(25)16-2-4-18(20)27-16/h1-4,21,23H,5-12H2. The number of Topliss-reactive ketones (excluding diaryl/α,β-unsaturated/α-hetero) is 2. The van der Waals surface area contributed by atoms with Crippen LogP contribution in [-0.2, 0) is 0 Å². The highest BCUT2D eigenvalue weighted by Gasteiger charge is 2.12. The highest BCUT2D eigenvalue weighted by atomic mass is 79.9. The summed E-state index contributed by atoms with van der Waals surface area (Å²) in [6, 6.07) is 7.43. The third kappa shape index (κ3) is 8.23. The molecule has 0 aliphatic rings. The van der Waals surface area contributed by atoms with Gasteiger partial charge in [0.05, 0.1) is 23.9 Å². The molecule has 2 heterocycles. The molecule has 0 aliphatic heterocycles. The summed E-state index contributed by atoms with van der Waals surface area (Å²) in [4.78, 5) is 27.8. The summed E-state index contributed by atoms with van der Waals surface area (Å²) in [6.45, 7) is 3.25. The van der Waals surface area contributed by atoms with E-state index in [0.717, 1.165) is 23.9 Å². The summed E-state index contributed by atoms with van der Waals surface area (Å²) in [7, 11) is 0. The Morgan fingerprint density at radius 1 is 0.889 bits per heavy atom. The lowest BCUT2D eigenvalue weighted by molar-refractivity contribution is 0.0956. The molecule has 0 atom stereocenters. The predicted molar refractivity (Wildman–Crippen MR) is 118 cm³/mol. The summed E-state index contributed by atoms with van der Waals surface area (Å²) in [5.41, 5.74) is 0. The molecule has 0 unspecified atom stereocenters. The van der Waals surface area contributed by atoms with Crippen LogP contribution < -0.4 is 5.32 Å². The van der Waals surface area contributed by atoms with Crippen LogP contribution >= 0.6 is 54.5 Å². The van der Waals surface area contributed by atoms with Gasteiger partial charge in [0, 0.05) is 45.6 Å². The zero-order valence-corrected chi connectivity index (χ0v) is 19.6. The smallest absolute Gasteiger partial charge is 0.174 e. The minimum Gasteiger partial charge on any atom is -0.395 e. The lowest BCUT2D eigenvalue weighted by Crippen LogP contribution is -2.36. The van der Waals surface area contributed by atoms with Crippen molar-refractivity contribution >= 4 is 66.1 Å². The molecule has 0 saturated heterocycles. The fourth-order valence-electron chi connectivity index (χ4n) is 2.48. The van der Waals surface area contributed by atoms with E-state index < -0.39 is 0 Å². The van der Waals surface area contributed by atoms with Gasteiger partial charge in [0.2, 0.25) is 0 Å². The molecule has 0 spiro atoms. The molecule has 0 bridgehead atoms. The van der Waals surface area contributed by atoms with Crippen molar-refractivity contribution in [2.45, 2.75) is 12.8 Å². The maximum absolute atomic E-state index is 12.2. The Hall–Kier alpha value is -0.420. The molecule has 2 rings (SSSR count). The van der Waals surface area contributed by atoms with Gasteiger partial charge in [0.1, 0.15) is 0 Å². The molecular weight excluding hydrogens is 516 g/mol. The Labute approximate surface area is 184 Å². The van der Waals surface area contributed by atoms with Gasteiger partial charge in [-0.1, -0.05) is 0 Å². The zero-order valence-electron chi connectivity index (χ0n) is 14.7. The van der Waals surface area contributed by atoms with Gasteiger partial charge in [0.25, 0.3) is 0 Å². The highest BCUT2D eigenvalue weighted by molar-refractivity contribution is 9.11. The SMILES string of the molecule is O=C(CCNCCN(CCO)CCC(=O)c1ccc(Br)s1)c1ccc(Br)s1. The number of carbonyl (C=O) groups is 2. The minimum absolute atomic E-state index is 0.0600. The van der Waals surface area contributed by atoms with Crippen LogP contribution in [0.2, 0.25) is 0 Å². The van der Waals surface area contributed by atoms with Gasteiger partial charge in [-0.25, -0.2) is 0 Å². The molecular formula is C18H22Br2N2O3S2. The van der Waals surface area contributed by atoms with Gasteiger partial charge in [-0.2, -0.15) is 0 Å². The predicted octanol–water partition coefficient (Wildman–Crippen LogP) is 4.06. The number of carbonyl (C=O) groups excluding carboxylic acids is 2. The van der Waals surface area contributed by atoms with Crippen molar-refractivity contribution in [3.63, 3.8) is 0 Å². The molecule has 9 heteroatoms. The van der Waals surface area contributed by atoms with E-state index in [9.17, 15) is 14.7 Å². The Morgan fingerprint density at radius 3 is 2.00 bits per heavy atom. The van der Waals surface area contributed by atoms with Gasteiger partial charge < -0.3 is 10.4 Å². The van der Waals surface area contributed by atoms with Crippen molar-refractivity contribution in [1.29, 1.82) is 0 Å². The van der Waals surface area contributed by atoms with Crippen LogP contribution in [0.4, 0.5) is 0 Å². The Kier molecular flexibility index (Phi) is 10.3.